The van der Waals surface area contributed by atoms with Crippen LogP contribution in [-0.2, 0) is 4.79 Å². The van der Waals surface area contributed by atoms with Crippen LogP contribution in [-0.4, -0.2) is 50.0 Å². The Morgan fingerprint density at radius 3 is 2.79 bits per heavy atom. The van der Waals surface area contributed by atoms with Gasteiger partial charge in [-0.05, 0) is 19.8 Å². The van der Waals surface area contributed by atoms with Gasteiger partial charge in [0.05, 0.1) is 18.3 Å². The zero-order valence-electron chi connectivity index (χ0n) is 13.9. The van der Waals surface area contributed by atoms with Gasteiger partial charge in [-0.3, -0.25) is 4.79 Å². The summed E-state index contributed by atoms with van der Waals surface area (Å²) in [4.78, 5) is 23.1. The number of aromatic nitrogens is 5. The van der Waals surface area contributed by atoms with E-state index in [1.54, 1.807) is 13.1 Å². The molecule has 0 aromatic carbocycles. The predicted octanol–water partition coefficient (Wildman–Crippen LogP) is 0.820. The van der Waals surface area contributed by atoms with E-state index in [2.05, 4.69) is 25.5 Å². The summed E-state index contributed by atoms with van der Waals surface area (Å²) >= 11 is 0. The van der Waals surface area contributed by atoms with Crippen molar-refractivity contribution < 1.29 is 4.79 Å². The molecule has 3 heterocycles. The minimum atomic E-state index is -0.0375. The molecule has 4 rings (SSSR count). The molecule has 8 nitrogen and oxygen atoms in total. The molecule has 1 N–H and O–H groups in total. The average Bonchev–Trinajstić information content (AvgIpc) is 3.08. The highest BCUT2D eigenvalue weighted by Crippen LogP contribution is 2.39. The highest BCUT2D eigenvalue weighted by molar-refractivity contribution is 5.73. The van der Waals surface area contributed by atoms with Crippen molar-refractivity contribution in [3.05, 3.63) is 30.0 Å². The minimum Gasteiger partial charge on any atom is -0.352 e. The number of hydrogen-bond donors (Lipinski definition) is 1. The lowest BCUT2D eigenvalue weighted by atomic mass is 10.2. The van der Waals surface area contributed by atoms with Gasteiger partial charge in [-0.2, -0.15) is 0 Å². The summed E-state index contributed by atoms with van der Waals surface area (Å²) in [6.07, 6.45) is 5.86. The van der Waals surface area contributed by atoms with Crippen LogP contribution >= 0.6 is 0 Å². The Hall–Kier alpha value is -2.51. The van der Waals surface area contributed by atoms with E-state index in [1.807, 2.05) is 23.9 Å². The highest BCUT2D eigenvalue weighted by atomic mass is 16.1. The van der Waals surface area contributed by atoms with Crippen molar-refractivity contribution in [2.45, 2.75) is 44.7 Å². The van der Waals surface area contributed by atoms with Gasteiger partial charge in [0.25, 0.3) is 0 Å². The molecule has 1 aliphatic heterocycles. The molecule has 1 saturated heterocycles. The van der Waals surface area contributed by atoms with Crippen LogP contribution in [0.4, 0.5) is 5.82 Å². The highest BCUT2D eigenvalue weighted by Gasteiger charge is 2.36. The molecule has 1 saturated carbocycles. The second kappa shape index (κ2) is 5.85. The van der Waals surface area contributed by atoms with Crippen molar-refractivity contribution in [3.63, 3.8) is 0 Å². The van der Waals surface area contributed by atoms with Crippen LogP contribution < -0.4 is 10.2 Å². The summed E-state index contributed by atoms with van der Waals surface area (Å²) < 4.78 is 1.82. The molecule has 0 unspecified atom stereocenters. The van der Waals surface area contributed by atoms with E-state index in [1.165, 1.54) is 12.8 Å². The van der Waals surface area contributed by atoms with Gasteiger partial charge in [-0.15, -0.1) is 5.10 Å². The molecule has 8 heteroatoms. The standard InChI is InChI=1S/C16H21N7O/c1-10-7-15(20-16(18-10)12-3-4-12)22-8-13(19-11(2)24)14(9-22)23-6-5-17-21-23/h5-7,12-14H,3-4,8-9H2,1-2H3,(H,19,24)/t13-,14+/m1/s1. The van der Waals surface area contributed by atoms with Crippen molar-refractivity contribution in [1.82, 2.24) is 30.3 Å². The fourth-order valence-electron chi connectivity index (χ4n) is 3.30. The smallest absolute Gasteiger partial charge is 0.217 e. The number of anilines is 1. The van der Waals surface area contributed by atoms with E-state index in [-0.39, 0.29) is 18.0 Å². The molecular formula is C16H21N7O. The van der Waals surface area contributed by atoms with Crippen LogP contribution in [0.3, 0.4) is 0 Å². The van der Waals surface area contributed by atoms with Crippen molar-refractivity contribution in [2.75, 3.05) is 18.0 Å². The van der Waals surface area contributed by atoms with Gasteiger partial charge in [0.1, 0.15) is 11.6 Å². The molecular weight excluding hydrogens is 306 g/mol. The topological polar surface area (TPSA) is 88.8 Å². The van der Waals surface area contributed by atoms with Gasteiger partial charge in [-0.1, -0.05) is 5.21 Å². The molecule has 1 aliphatic carbocycles. The normalized spacial score (nSPS) is 23.5. The lowest BCUT2D eigenvalue weighted by molar-refractivity contribution is -0.119. The number of hydrogen-bond acceptors (Lipinski definition) is 6. The number of rotatable bonds is 4. The van der Waals surface area contributed by atoms with Crippen molar-refractivity contribution in [2.24, 2.45) is 0 Å². The SMILES string of the molecule is CC(=O)N[C@@H]1CN(c2cc(C)nc(C3CC3)n2)C[C@@H]1n1ccnn1. The van der Waals surface area contributed by atoms with E-state index < -0.39 is 0 Å². The molecule has 2 aromatic heterocycles. The first-order valence-corrected chi connectivity index (χ1v) is 8.33. The van der Waals surface area contributed by atoms with Gasteiger partial charge in [-0.25, -0.2) is 14.6 Å². The van der Waals surface area contributed by atoms with Crippen molar-refractivity contribution >= 4 is 11.7 Å². The first kappa shape index (κ1) is 15.0. The van der Waals surface area contributed by atoms with Gasteiger partial charge >= 0.3 is 0 Å². The third-order valence-corrected chi connectivity index (χ3v) is 4.58. The zero-order chi connectivity index (χ0) is 16.7. The number of carbonyl (C=O) groups is 1. The third-order valence-electron chi connectivity index (χ3n) is 4.58. The maximum atomic E-state index is 11.6. The van der Waals surface area contributed by atoms with Crippen LogP contribution in [0.25, 0.3) is 0 Å². The zero-order valence-corrected chi connectivity index (χ0v) is 13.9. The maximum Gasteiger partial charge on any atom is 0.217 e. The Morgan fingerprint density at radius 1 is 1.29 bits per heavy atom. The van der Waals surface area contributed by atoms with E-state index in [0.717, 1.165) is 23.9 Å². The Bertz CT molecular complexity index is 741. The minimum absolute atomic E-state index is 0.0242. The number of nitrogens with zero attached hydrogens (tertiary/aromatic N) is 6. The van der Waals surface area contributed by atoms with Gasteiger partial charge in [0, 0.05) is 43.9 Å². The van der Waals surface area contributed by atoms with Crippen LogP contribution in [0, 0.1) is 6.92 Å². The molecule has 0 spiro atoms. The van der Waals surface area contributed by atoms with Crippen LogP contribution in [0.2, 0.25) is 0 Å². The summed E-state index contributed by atoms with van der Waals surface area (Å²) in [6, 6.07) is 2.03. The number of nitrogens with one attached hydrogen (secondary N) is 1. The lowest BCUT2D eigenvalue weighted by Crippen LogP contribution is -2.40. The molecule has 2 fully saturated rings. The monoisotopic (exact) mass is 327 g/mol. The van der Waals surface area contributed by atoms with Crippen LogP contribution in [0.15, 0.2) is 18.5 Å². The maximum absolute atomic E-state index is 11.6. The van der Waals surface area contributed by atoms with E-state index in [0.29, 0.717) is 12.5 Å². The Morgan fingerprint density at radius 2 is 2.12 bits per heavy atom. The molecule has 2 atom stereocenters. The molecule has 24 heavy (non-hydrogen) atoms. The Labute approximate surface area is 140 Å². The summed E-state index contributed by atoms with van der Waals surface area (Å²) in [5.41, 5.74) is 0.988. The summed E-state index contributed by atoms with van der Waals surface area (Å²) in [7, 11) is 0. The summed E-state index contributed by atoms with van der Waals surface area (Å²) in [6.45, 7) is 4.98. The first-order chi connectivity index (χ1) is 11.6. The molecule has 1 amide bonds. The number of amides is 1. The Balaban J connectivity index is 1.61. The van der Waals surface area contributed by atoms with E-state index in [4.69, 9.17) is 4.98 Å². The largest absolute Gasteiger partial charge is 0.352 e. The predicted molar refractivity (Wildman–Crippen MR) is 87.6 cm³/mol. The molecule has 2 aromatic rings. The molecule has 126 valence electrons. The van der Waals surface area contributed by atoms with Crippen LogP contribution in [0.1, 0.15) is 43.2 Å². The van der Waals surface area contributed by atoms with Gasteiger partial charge in [0.15, 0.2) is 0 Å². The second-order valence-electron chi connectivity index (χ2n) is 6.66. The third kappa shape index (κ3) is 2.95. The van der Waals surface area contributed by atoms with Crippen molar-refractivity contribution in [3.8, 4) is 0 Å². The van der Waals surface area contributed by atoms with E-state index >= 15 is 0 Å². The second-order valence-corrected chi connectivity index (χ2v) is 6.66. The van der Waals surface area contributed by atoms with Gasteiger partial charge in [0.2, 0.25) is 5.91 Å². The quantitative estimate of drug-likeness (QED) is 0.894. The summed E-state index contributed by atoms with van der Waals surface area (Å²) in [5.74, 6) is 2.36. The van der Waals surface area contributed by atoms with Crippen molar-refractivity contribution in [1.29, 1.82) is 0 Å². The number of aryl methyl sites for hydroxylation is 1. The molecule has 0 bridgehead atoms. The lowest BCUT2D eigenvalue weighted by Gasteiger charge is -2.18. The van der Waals surface area contributed by atoms with Crippen LogP contribution in [0.5, 0.6) is 0 Å². The average molecular weight is 327 g/mol. The fourth-order valence-corrected chi connectivity index (χ4v) is 3.30. The van der Waals surface area contributed by atoms with Gasteiger partial charge < -0.3 is 10.2 Å². The van der Waals surface area contributed by atoms with E-state index in [9.17, 15) is 4.79 Å². The molecule has 2 aliphatic rings. The Kier molecular flexibility index (Phi) is 3.66. The first-order valence-electron chi connectivity index (χ1n) is 8.33. The summed E-state index contributed by atoms with van der Waals surface area (Å²) in [5, 5.41) is 11.0. The molecule has 0 radical (unpaired) electrons. The fraction of sp³-hybridized carbons (Fsp3) is 0.562. The number of carbonyl (C=O) groups excluding carboxylic acids is 1.